The zero-order valence-corrected chi connectivity index (χ0v) is 13.6. The lowest BCUT2D eigenvalue weighted by atomic mass is 9.95. The maximum atomic E-state index is 12.3. The van der Waals surface area contributed by atoms with Gasteiger partial charge in [-0.3, -0.25) is 9.59 Å². The number of carbonyl (C=O) groups excluding carboxylic acids is 2. The van der Waals surface area contributed by atoms with Crippen molar-refractivity contribution in [3.63, 3.8) is 0 Å². The zero-order valence-electron chi connectivity index (χ0n) is 13.6. The molecule has 21 heavy (non-hydrogen) atoms. The van der Waals surface area contributed by atoms with E-state index in [1.165, 1.54) is 0 Å². The topological polar surface area (TPSA) is 69.6 Å². The molecule has 5 nitrogen and oxygen atoms in total. The van der Waals surface area contributed by atoms with Crippen LogP contribution >= 0.6 is 0 Å². The van der Waals surface area contributed by atoms with E-state index in [1.54, 1.807) is 0 Å². The number of nitrogens with one attached hydrogen (secondary N) is 1. The Kier molecular flexibility index (Phi) is 7.72. The highest BCUT2D eigenvalue weighted by atomic mass is 16.3. The summed E-state index contributed by atoms with van der Waals surface area (Å²) in [6.45, 7) is 7.39. The van der Waals surface area contributed by atoms with Crippen molar-refractivity contribution < 1.29 is 14.7 Å². The molecule has 1 fully saturated rings. The molecule has 1 saturated heterocycles. The van der Waals surface area contributed by atoms with Gasteiger partial charge in [-0.05, 0) is 39.0 Å². The Morgan fingerprint density at radius 2 is 2.10 bits per heavy atom. The van der Waals surface area contributed by atoms with Gasteiger partial charge in [0.1, 0.15) is 0 Å². The van der Waals surface area contributed by atoms with E-state index in [0.29, 0.717) is 13.0 Å². The lowest BCUT2D eigenvalue weighted by Crippen LogP contribution is -2.48. The fraction of sp³-hybridized carbons (Fsp3) is 0.875. The molecule has 0 aromatic carbocycles. The summed E-state index contributed by atoms with van der Waals surface area (Å²) in [6, 6.07) is 0.0743. The van der Waals surface area contributed by atoms with Crippen LogP contribution in [0.1, 0.15) is 52.9 Å². The molecule has 0 saturated carbocycles. The van der Waals surface area contributed by atoms with E-state index in [9.17, 15) is 9.59 Å². The van der Waals surface area contributed by atoms with Gasteiger partial charge in [-0.25, -0.2) is 0 Å². The number of amides is 2. The Hall–Kier alpha value is -1.10. The summed E-state index contributed by atoms with van der Waals surface area (Å²) < 4.78 is 0. The molecule has 0 aromatic heterocycles. The molecule has 0 spiro atoms. The van der Waals surface area contributed by atoms with Crippen LogP contribution in [0.5, 0.6) is 0 Å². The third-order valence-corrected chi connectivity index (χ3v) is 4.32. The number of likely N-dealkylation sites (tertiary alicyclic amines) is 1. The van der Waals surface area contributed by atoms with Crippen molar-refractivity contribution in [1.29, 1.82) is 0 Å². The smallest absolute Gasteiger partial charge is 0.225 e. The van der Waals surface area contributed by atoms with Gasteiger partial charge in [0.25, 0.3) is 0 Å². The first-order chi connectivity index (χ1) is 9.99. The Bertz CT molecular complexity index is 346. The number of piperidine rings is 1. The second-order valence-corrected chi connectivity index (χ2v) is 6.21. The molecule has 1 rings (SSSR count). The molecular formula is C16H30N2O3. The fourth-order valence-corrected chi connectivity index (χ4v) is 2.71. The molecule has 0 aliphatic carbocycles. The van der Waals surface area contributed by atoms with Crippen LogP contribution in [0, 0.1) is 11.8 Å². The highest BCUT2D eigenvalue weighted by Gasteiger charge is 2.30. The summed E-state index contributed by atoms with van der Waals surface area (Å²) in [6.07, 6.45) is 4.06. The molecule has 3 atom stereocenters. The molecule has 0 radical (unpaired) electrons. The summed E-state index contributed by atoms with van der Waals surface area (Å²) in [4.78, 5) is 26.3. The highest BCUT2D eigenvalue weighted by Crippen LogP contribution is 2.19. The normalized spacial score (nSPS) is 21.7. The summed E-state index contributed by atoms with van der Waals surface area (Å²) >= 11 is 0. The lowest BCUT2D eigenvalue weighted by molar-refractivity contribution is -0.139. The van der Waals surface area contributed by atoms with Gasteiger partial charge in [0, 0.05) is 31.7 Å². The summed E-state index contributed by atoms with van der Waals surface area (Å²) in [5.74, 6) is 0.157. The monoisotopic (exact) mass is 298 g/mol. The van der Waals surface area contributed by atoms with Crippen LogP contribution in [0.3, 0.4) is 0 Å². The molecule has 5 heteroatoms. The largest absolute Gasteiger partial charge is 0.396 e. The molecule has 122 valence electrons. The Labute approximate surface area is 128 Å². The molecule has 2 N–H and O–H groups in total. The Morgan fingerprint density at radius 1 is 1.38 bits per heavy atom. The van der Waals surface area contributed by atoms with Crippen molar-refractivity contribution in [2.45, 2.75) is 58.9 Å². The van der Waals surface area contributed by atoms with Gasteiger partial charge >= 0.3 is 0 Å². The van der Waals surface area contributed by atoms with E-state index < -0.39 is 0 Å². The fourth-order valence-electron chi connectivity index (χ4n) is 2.71. The third-order valence-electron chi connectivity index (χ3n) is 4.32. The van der Waals surface area contributed by atoms with E-state index in [2.05, 4.69) is 5.32 Å². The number of hydrogen-bond donors (Lipinski definition) is 2. The Morgan fingerprint density at radius 3 is 2.71 bits per heavy atom. The van der Waals surface area contributed by atoms with Crippen molar-refractivity contribution >= 4 is 11.8 Å². The van der Waals surface area contributed by atoms with Crippen molar-refractivity contribution in [3.8, 4) is 0 Å². The number of aliphatic hydroxyl groups excluding tert-OH is 1. The highest BCUT2D eigenvalue weighted by molar-refractivity contribution is 5.82. The van der Waals surface area contributed by atoms with E-state index >= 15 is 0 Å². The number of aliphatic hydroxyl groups is 1. The van der Waals surface area contributed by atoms with Crippen molar-refractivity contribution in [3.05, 3.63) is 0 Å². The second-order valence-electron chi connectivity index (χ2n) is 6.21. The van der Waals surface area contributed by atoms with Crippen LogP contribution in [0.2, 0.25) is 0 Å². The first kappa shape index (κ1) is 18.0. The minimum absolute atomic E-state index is 0.0373. The van der Waals surface area contributed by atoms with Gasteiger partial charge in [0.05, 0.1) is 5.92 Å². The van der Waals surface area contributed by atoms with E-state index in [4.69, 9.17) is 5.11 Å². The van der Waals surface area contributed by atoms with Crippen LogP contribution in [0.25, 0.3) is 0 Å². The van der Waals surface area contributed by atoms with Gasteiger partial charge in [-0.15, -0.1) is 0 Å². The summed E-state index contributed by atoms with van der Waals surface area (Å²) in [5.41, 5.74) is 0. The Balaban J connectivity index is 2.48. The molecular weight excluding hydrogens is 268 g/mol. The van der Waals surface area contributed by atoms with Crippen LogP contribution in [-0.4, -0.2) is 47.6 Å². The average Bonchev–Trinajstić information content (AvgIpc) is 2.51. The molecule has 3 unspecified atom stereocenters. The number of nitrogens with zero attached hydrogens (tertiary/aromatic N) is 1. The van der Waals surface area contributed by atoms with Gasteiger partial charge in [0.2, 0.25) is 11.8 Å². The van der Waals surface area contributed by atoms with Crippen LogP contribution in [0.4, 0.5) is 0 Å². The van der Waals surface area contributed by atoms with Crippen molar-refractivity contribution in [1.82, 2.24) is 10.2 Å². The van der Waals surface area contributed by atoms with Crippen LogP contribution in [-0.2, 0) is 9.59 Å². The van der Waals surface area contributed by atoms with Gasteiger partial charge in [-0.1, -0.05) is 13.8 Å². The summed E-state index contributed by atoms with van der Waals surface area (Å²) in [7, 11) is 0. The van der Waals surface area contributed by atoms with Gasteiger partial charge in [-0.2, -0.15) is 0 Å². The molecule has 1 heterocycles. The third kappa shape index (κ3) is 5.65. The maximum Gasteiger partial charge on any atom is 0.225 e. The summed E-state index contributed by atoms with van der Waals surface area (Å²) in [5, 5.41) is 11.8. The van der Waals surface area contributed by atoms with Crippen LogP contribution in [0.15, 0.2) is 0 Å². The zero-order chi connectivity index (χ0) is 15.8. The molecule has 0 bridgehead atoms. The maximum absolute atomic E-state index is 12.3. The minimum Gasteiger partial charge on any atom is -0.396 e. The van der Waals surface area contributed by atoms with Gasteiger partial charge < -0.3 is 15.3 Å². The standard InChI is InChI=1S/C16H30N2O3/c1-4-12(2)16(21)18-9-5-8-14(11-18)15(20)17-13(3)7-6-10-19/h12-14,19H,4-11H2,1-3H3,(H,17,20). The molecule has 1 aliphatic heterocycles. The van der Waals surface area contributed by atoms with Crippen molar-refractivity contribution in [2.24, 2.45) is 11.8 Å². The van der Waals surface area contributed by atoms with E-state index in [-0.39, 0.29) is 36.3 Å². The lowest BCUT2D eigenvalue weighted by Gasteiger charge is -2.34. The first-order valence-electron chi connectivity index (χ1n) is 8.19. The molecule has 0 aromatic rings. The average molecular weight is 298 g/mol. The first-order valence-corrected chi connectivity index (χ1v) is 8.19. The van der Waals surface area contributed by atoms with E-state index in [1.807, 2.05) is 25.7 Å². The molecule has 2 amide bonds. The van der Waals surface area contributed by atoms with Crippen molar-refractivity contribution in [2.75, 3.05) is 19.7 Å². The van der Waals surface area contributed by atoms with E-state index in [0.717, 1.165) is 32.2 Å². The number of hydrogen-bond acceptors (Lipinski definition) is 3. The molecule has 1 aliphatic rings. The predicted molar refractivity (Wildman–Crippen MR) is 82.7 cm³/mol. The minimum atomic E-state index is -0.0941. The predicted octanol–water partition coefficient (Wildman–Crippen LogP) is 1.55. The quantitative estimate of drug-likeness (QED) is 0.749. The number of rotatable bonds is 7. The van der Waals surface area contributed by atoms with Crippen LogP contribution < -0.4 is 5.32 Å². The van der Waals surface area contributed by atoms with Gasteiger partial charge in [0.15, 0.2) is 0 Å². The number of carbonyl (C=O) groups is 2. The second kappa shape index (κ2) is 9.03. The SMILES string of the molecule is CCC(C)C(=O)N1CCCC(C(=O)NC(C)CCCO)C1.